The Morgan fingerprint density at radius 3 is 2.57 bits per heavy atom. The quantitative estimate of drug-likeness (QED) is 0.0526. The van der Waals surface area contributed by atoms with E-state index in [4.69, 9.17) is 5.73 Å². The van der Waals surface area contributed by atoms with Crippen LogP contribution in [-0.4, -0.2) is 45.0 Å². The highest BCUT2D eigenvalue weighted by molar-refractivity contribution is 6.05. The van der Waals surface area contributed by atoms with Gasteiger partial charge in [-0.05, 0) is 55.5 Å². The maximum atomic E-state index is 13.7. The molecule has 0 saturated carbocycles. The van der Waals surface area contributed by atoms with Crippen molar-refractivity contribution in [1.29, 1.82) is 0 Å². The first kappa shape index (κ1) is 32.2. The van der Waals surface area contributed by atoms with Crippen molar-refractivity contribution >= 4 is 58.4 Å². The van der Waals surface area contributed by atoms with E-state index in [1.54, 1.807) is 6.92 Å². The number of fused-ring (bicyclic) bond motifs is 1. The summed E-state index contributed by atoms with van der Waals surface area (Å²) >= 11 is 0. The van der Waals surface area contributed by atoms with E-state index >= 15 is 0 Å². The van der Waals surface area contributed by atoms with Gasteiger partial charge in [-0.2, -0.15) is 18.3 Å². The number of H-pyrrole nitrogens is 2. The smallest absolute Gasteiger partial charge is 0.416 e. The lowest BCUT2D eigenvalue weighted by atomic mass is 10.1. The number of nitrogens with two attached hydrogens (primary N) is 1. The molecule has 5 rings (SSSR count). The summed E-state index contributed by atoms with van der Waals surface area (Å²) in [6, 6.07) is 9.57. The van der Waals surface area contributed by atoms with Crippen molar-refractivity contribution in [2.45, 2.75) is 13.1 Å². The van der Waals surface area contributed by atoms with Gasteiger partial charge in [0.1, 0.15) is 11.6 Å². The van der Waals surface area contributed by atoms with Crippen molar-refractivity contribution in [3.8, 4) is 5.88 Å². The highest BCUT2D eigenvalue weighted by atomic mass is 19.4. The zero-order valence-corrected chi connectivity index (χ0v) is 24.6. The molecule has 0 aliphatic heterocycles. The number of aryl methyl sites for hydroxylation is 1. The molecule has 12 nitrogen and oxygen atoms in total. The molecule has 0 aliphatic rings. The molecule has 0 bridgehead atoms. The van der Waals surface area contributed by atoms with E-state index in [2.05, 4.69) is 47.7 Å². The van der Waals surface area contributed by atoms with Crippen LogP contribution in [0, 0.1) is 12.7 Å². The van der Waals surface area contributed by atoms with E-state index in [1.807, 2.05) is 0 Å². The fourth-order valence-electron chi connectivity index (χ4n) is 4.63. The first-order valence-electron chi connectivity index (χ1n) is 13.9. The van der Waals surface area contributed by atoms with E-state index in [1.165, 1.54) is 42.7 Å². The summed E-state index contributed by atoms with van der Waals surface area (Å²) in [7, 11) is 0. The van der Waals surface area contributed by atoms with Gasteiger partial charge in [0.05, 0.1) is 45.1 Å². The fraction of sp³-hybridized carbons (Fsp3) is 0.129. The normalized spacial score (nSPS) is 12.1. The summed E-state index contributed by atoms with van der Waals surface area (Å²) in [5.74, 6) is -1.36. The van der Waals surface area contributed by atoms with E-state index in [0.717, 1.165) is 18.2 Å². The molecule has 16 heteroatoms. The highest BCUT2D eigenvalue weighted by Gasteiger charge is 2.31. The number of nitrogen functional groups attached to an aromatic ring is 1. The Balaban J connectivity index is 1.14. The predicted molar refractivity (Wildman–Crippen MR) is 168 cm³/mol. The molecule has 0 saturated heterocycles. The van der Waals surface area contributed by atoms with Gasteiger partial charge in [-0.3, -0.25) is 9.59 Å². The number of aromatic hydroxyl groups is 1. The Morgan fingerprint density at radius 2 is 1.87 bits per heavy atom. The molecule has 3 aromatic heterocycles. The Labute approximate surface area is 263 Å². The third kappa shape index (κ3) is 7.22. The lowest BCUT2D eigenvalue weighted by Gasteiger charge is -2.12. The summed E-state index contributed by atoms with van der Waals surface area (Å²) in [6.45, 7) is 6.14. The van der Waals surface area contributed by atoms with Crippen LogP contribution in [-0.2, 0) is 6.18 Å². The number of carbonyl (C=O) groups excluding carboxylic acids is 2. The maximum absolute atomic E-state index is 13.7. The van der Waals surface area contributed by atoms with Gasteiger partial charge in [0.15, 0.2) is 5.69 Å². The fourth-order valence-corrected chi connectivity index (χ4v) is 4.63. The standard InChI is InChI=1S/C31H27F4N9O3/c1-15-24(14-40-44-27-20-12-19(32)5-7-22(20)42-30(27)47)41-16(2)26(15)29(46)38-10-9-37-25-8-3-17(13-39-25)28(45)43-23-6-4-18(11-21(23)36)31(33,34)35/h3-8,11-14,41-42,47H,1,9-10,36H2,2H3,(H,37,39)(H,38,46)(H,43,45). The van der Waals surface area contributed by atoms with Gasteiger partial charge < -0.3 is 36.8 Å². The zero-order valence-electron chi connectivity index (χ0n) is 24.6. The molecule has 2 aromatic carbocycles. The van der Waals surface area contributed by atoms with Crippen LogP contribution < -0.4 is 32.3 Å². The minimum absolute atomic E-state index is 0.0296. The second kappa shape index (κ2) is 13.0. The summed E-state index contributed by atoms with van der Waals surface area (Å²) in [6.07, 6.45) is -1.95. The zero-order chi connectivity index (χ0) is 33.9. The van der Waals surface area contributed by atoms with Crippen molar-refractivity contribution in [3.05, 3.63) is 93.5 Å². The van der Waals surface area contributed by atoms with Gasteiger partial charge in [0, 0.05) is 35.6 Å². The molecule has 0 unspecified atom stereocenters. The molecule has 0 aliphatic carbocycles. The molecule has 5 aromatic rings. The van der Waals surface area contributed by atoms with Crippen LogP contribution in [0.5, 0.6) is 5.88 Å². The lowest BCUT2D eigenvalue weighted by molar-refractivity contribution is -0.137. The second-order valence-corrected chi connectivity index (χ2v) is 10.2. The number of amides is 2. The molecule has 0 fully saturated rings. The number of aromatic amines is 2. The molecular formula is C31H27F4N9O3. The Morgan fingerprint density at radius 1 is 1.09 bits per heavy atom. The average molecular weight is 650 g/mol. The SMILES string of the molecule is C=c1c(C(=O)NCCNc2ccc(C(=O)Nc3ccc(C(F)(F)F)cc3N)cn2)c(C)[nH]c1=CN=Nc1c(O)[nH]c2ccc(F)cc12. The molecule has 8 N–H and O–H groups in total. The van der Waals surface area contributed by atoms with Crippen LogP contribution in [0.2, 0.25) is 0 Å². The average Bonchev–Trinajstić information content (AvgIpc) is 3.48. The van der Waals surface area contributed by atoms with Crippen LogP contribution in [0.15, 0.2) is 65.0 Å². The third-order valence-corrected chi connectivity index (χ3v) is 6.98. The van der Waals surface area contributed by atoms with Crippen molar-refractivity contribution in [3.63, 3.8) is 0 Å². The van der Waals surface area contributed by atoms with Crippen LogP contribution in [0.4, 0.5) is 40.4 Å². The van der Waals surface area contributed by atoms with E-state index < -0.39 is 29.4 Å². The van der Waals surface area contributed by atoms with Gasteiger partial charge in [-0.25, -0.2) is 9.37 Å². The van der Waals surface area contributed by atoms with Crippen LogP contribution >= 0.6 is 0 Å². The molecule has 2 amide bonds. The minimum Gasteiger partial charge on any atom is -0.493 e. The number of benzene rings is 2. The van der Waals surface area contributed by atoms with E-state index in [0.29, 0.717) is 38.5 Å². The molecule has 242 valence electrons. The van der Waals surface area contributed by atoms with Crippen LogP contribution in [0.25, 0.3) is 23.7 Å². The Kier molecular flexibility index (Phi) is 8.94. The van der Waals surface area contributed by atoms with Crippen molar-refractivity contribution < 1.29 is 32.3 Å². The van der Waals surface area contributed by atoms with Crippen molar-refractivity contribution in [2.24, 2.45) is 10.2 Å². The number of hydrogen-bond donors (Lipinski definition) is 7. The lowest BCUT2D eigenvalue weighted by Crippen LogP contribution is -2.34. The number of aromatic nitrogens is 3. The van der Waals surface area contributed by atoms with Crippen LogP contribution in [0.3, 0.4) is 0 Å². The summed E-state index contributed by atoms with van der Waals surface area (Å²) < 4.78 is 52.2. The highest BCUT2D eigenvalue weighted by Crippen LogP contribution is 2.36. The first-order valence-corrected chi connectivity index (χ1v) is 13.9. The predicted octanol–water partition coefficient (Wildman–Crippen LogP) is 4.67. The summed E-state index contributed by atoms with van der Waals surface area (Å²) in [5.41, 5.74) is 6.08. The number of anilines is 3. The second-order valence-electron chi connectivity index (χ2n) is 10.2. The van der Waals surface area contributed by atoms with E-state index in [-0.39, 0.29) is 41.6 Å². The monoisotopic (exact) mass is 649 g/mol. The molecule has 3 heterocycles. The van der Waals surface area contributed by atoms with Crippen molar-refractivity contribution in [2.75, 3.05) is 29.5 Å². The number of hydrogen-bond acceptors (Lipinski definition) is 8. The summed E-state index contributed by atoms with van der Waals surface area (Å²) in [4.78, 5) is 35.3. The first-order chi connectivity index (χ1) is 22.3. The third-order valence-electron chi connectivity index (χ3n) is 6.98. The molecule has 0 spiro atoms. The van der Waals surface area contributed by atoms with Gasteiger partial charge in [-0.15, -0.1) is 5.11 Å². The number of nitrogens with one attached hydrogen (secondary N) is 5. The number of rotatable bonds is 9. The van der Waals surface area contributed by atoms with Gasteiger partial charge in [0.25, 0.3) is 11.8 Å². The Hall–Kier alpha value is -6.19. The molecular weight excluding hydrogens is 622 g/mol. The largest absolute Gasteiger partial charge is 0.493 e. The minimum atomic E-state index is -4.56. The van der Waals surface area contributed by atoms with Crippen molar-refractivity contribution in [1.82, 2.24) is 20.3 Å². The van der Waals surface area contributed by atoms with Gasteiger partial charge >= 0.3 is 6.18 Å². The number of pyridine rings is 1. The number of azo groups is 1. The van der Waals surface area contributed by atoms with Gasteiger partial charge in [-0.1, -0.05) is 6.58 Å². The van der Waals surface area contributed by atoms with Gasteiger partial charge in [0.2, 0.25) is 5.88 Å². The molecule has 47 heavy (non-hydrogen) atoms. The molecule has 0 atom stereocenters. The molecule has 0 radical (unpaired) electrons. The number of nitrogens with zero attached hydrogens (tertiary/aromatic N) is 3. The number of halogens is 4. The maximum Gasteiger partial charge on any atom is 0.416 e. The van der Waals surface area contributed by atoms with Crippen LogP contribution in [0.1, 0.15) is 32.0 Å². The summed E-state index contributed by atoms with van der Waals surface area (Å²) in [5, 5.41) is 27.5. The van der Waals surface area contributed by atoms with E-state index in [9.17, 15) is 32.3 Å². The Bertz CT molecular complexity index is 2120. The number of alkyl halides is 3. The number of carbonyl (C=O) groups is 2. The topological polar surface area (TPSA) is 186 Å².